The molecule has 19 heavy (non-hydrogen) atoms. The van der Waals surface area contributed by atoms with Crippen LogP contribution < -0.4 is 16.6 Å². The summed E-state index contributed by atoms with van der Waals surface area (Å²) < 4.78 is 7.08. The molecule has 0 spiro atoms. The number of hydrogen-bond donors (Lipinski definition) is 1. The number of rotatable bonds is 3. The number of aromatic nitrogens is 3. The van der Waals surface area contributed by atoms with Crippen LogP contribution in [0.4, 0.5) is 5.88 Å². The van der Waals surface area contributed by atoms with E-state index in [4.69, 9.17) is 4.52 Å². The molecule has 0 fully saturated rings. The van der Waals surface area contributed by atoms with Gasteiger partial charge in [0.15, 0.2) is 5.65 Å². The van der Waals surface area contributed by atoms with Crippen LogP contribution in [0.5, 0.6) is 0 Å². The number of carbonyl (C=O) groups excluding carboxylic acids is 1. The maximum Gasteiger partial charge on any atom is 0.332 e. The van der Waals surface area contributed by atoms with Crippen LogP contribution in [0.1, 0.15) is 19.8 Å². The maximum absolute atomic E-state index is 12.0. The average Bonchev–Trinajstić information content (AvgIpc) is 2.78. The molecular formula is C11H14N4O4. The first kappa shape index (κ1) is 13.1. The van der Waals surface area contributed by atoms with E-state index in [0.29, 0.717) is 12.8 Å². The topological polar surface area (TPSA) is 99.1 Å². The van der Waals surface area contributed by atoms with Crippen LogP contribution in [0.2, 0.25) is 0 Å². The number of amides is 1. The van der Waals surface area contributed by atoms with Gasteiger partial charge in [-0.15, -0.1) is 0 Å². The van der Waals surface area contributed by atoms with E-state index >= 15 is 0 Å². The monoisotopic (exact) mass is 266 g/mol. The molecule has 1 amide bonds. The van der Waals surface area contributed by atoms with E-state index in [9.17, 15) is 14.4 Å². The number of anilines is 1. The first-order valence-corrected chi connectivity index (χ1v) is 5.82. The second-order valence-electron chi connectivity index (χ2n) is 4.21. The minimum absolute atomic E-state index is 0.0235. The lowest BCUT2D eigenvalue weighted by molar-refractivity contribution is -0.116. The Labute approximate surface area is 107 Å². The molecule has 0 aliphatic carbocycles. The van der Waals surface area contributed by atoms with E-state index in [0.717, 1.165) is 4.57 Å². The second-order valence-corrected chi connectivity index (χ2v) is 4.21. The second kappa shape index (κ2) is 4.71. The van der Waals surface area contributed by atoms with Gasteiger partial charge in [-0.2, -0.15) is 0 Å². The molecule has 0 saturated heterocycles. The van der Waals surface area contributed by atoms with Gasteiger partial charge >= 0.3 is 5.69 Å². The van der Waals surface area contributed by atoms with E-state index in [1.54, 1.807) is 0 Å². The Morgan fingerprint density at radius 3 is 2.63 bits per heavy atom. The lowest BCUT2D eigenvalue weighted by atomic mass is 10.3. The Hall–Kier alpha value is -2.38. The van der Waals surface area contributed by atoms with Gasteiger partial charge in [-0.25, -0.2) is 4.79 Å². The quantitative estimate of drug-likeness (QED) is 0.840. The van der Waals surface area contributed by atoms with Gasteiger partial charge in [0.25, 0.3) is 5.56 Å². The third kappa shape index (κ3) is 2.05. The fourth-order valence-corrected chi connectivity index (χ4v) is 1.78. The third-order valence-electron chi connectivity index (χ3n) is 2.81. The highest BCUT2D eigenvalue weighted by Crippen LogP contribution is 2.18. The zero-order valence-corrected chi connectivity index (χ0v) is 10.9. The van der Waals surface area contributed by atoms with Crippen molar-refractivity contribution in [1.29, 1.82) is 0 Å². The van der Waals surface area contributed by atoms with Crippen molar-refractivity contribution >= 4 is 22.8 Å². The van der Waals surface area contributed by atoms with Gasteiger partial charge in [-0.1, -0.05) is 12.1 Å². The van der Waals surface area contributed by atoms with E-state index < -0.39 is 11.2 Å². The van der Waals surface area contributed by atoms with Crippen molar-refractivity contribution in [2.24, 2.45) is 14.1 Å². The standard InChI is InChI=1S/C11H14N4O4/c1-4-5-6(16)12-9-7-8(13-19-9)14(2)11(18)15(3)10(7)17/h4-5H2,1-3H3,(H,12,16). The van der Waals surface area contributed by atoms with Crippen LogP contribution in [-0.2, 0) is 18.9 Å². The summed E-state index contributed by atoms with van der Waals surface area (Å²) in [6.07, 6.45) is 0.989. The molecule has 102 valence electrons. The number of hydrogen-bond acceptors (Lipinski definition) is 5. The Bertz CT molecular complexity index is 752. The molecule has 0 aliphatic rings. The first-order valence-electron chi connectivity index (χ1n) is 5.82. The number of aryl methyl sites for hydroxylation is 1. The summed E-state index contributed by atoms with van der Waals surface area (Å²) in [5.41, 5.74) is -0.941. The van der Waals surface area contributed by atoms with E-state index in [1.807, 2.05) is 6.92 Å². The smallest absolute Gasteiger partial charge is 0.332 e. The SMILES string of the molecule is CCCC(=O)Nc1onc2c1c(=O)n(C)c(=O)n2C. The van der Waals surface area contributed by atoms with Gasteiger partial charge in [0.05, 0.1) is 0 Å². The van der Waals surface area contributed by atoms with Gasteiger partial charge in [0.2, 0.25) is 11.8 Å². The fraction of sp³-hybridized carbons (Fsp3) is 0.455. The van der Waals surface area contributed by atoms with Crippen molar-refractivity contribution in [2.75, 3.05) is 5.32 Å². The normalized spacial score (nSPS) is 10.9. The van der Waals surface area contributed by atoms with Gasteiger partial charge in [-0.05, 0) is 6.42 Å². The van der Waals surface area contributed by atoms with Crippen LogP contribution in [-0.4, -0.2) is 20.2 Å². The molecule has 8 nitrogen and oxygen atoms in total. The highest BCUT2D eigenvalue weighted by Gasteiger charge is 2.19. The van der Waals surface area contributed by atoms with Crippen molar-refractivity contribution < 1.29 is 9.32 Å². The molecule has 2 rings (SSSR count). The van der Waals surface area contributed by atoms with Gasteiger partial charge in [0, 0.05) is 20.5 Å². The van der Waals surface area contributed by atoms with E-state index in [2.05, 4.69) is 10.5 Å². The summed E-state index contributed by atoms with van der Waals surface area (Å²) in [6.45, 7) is 1.86. The molecular weight excluding hydrogens is 252 g/mol. The number of nitrogens with zero attached hydrogens (tertiary/aromatic N) is 3. The number of carbonyl (C=O) groups is 1. The molecule has 0 atom stereocenters. The molecule has 2 aromatic rings. The summed E-state index contributed by atoms with van der Waals surface area (Å²) in [5, 5.41) is 6.23. The molecule has 0 bridgehead atoms. The molecule has 0 aromatic carbocycles. The molecule has 0 aliphatic heterocycles. The molecule has 2 aromatic heterocycles. The minimum atomic E-state index is -0.550. The van der Waals surface area contributed by atoms with Crippen molar-refractivity contribution in [3.05, 3.63) is 20.8 Å². The zero-order chi connectivity index (χ0) is 14.2. The predicted octanol–water partition coefficient (Wildman–Crippen LogP) is -0.0362. The third-order valence-corrected chi connectivity index (χ3v) is 2.81. The molecule has 0 unspecified atom stereocenters. The van der Waals surface area contributed by atoms with Gasteiger partial charge in [-0.3, -0.25) is 24.0 Å². The Morgan fingerprint density at radius 2 is 2.00 bits per heavy atom. The van der Waals surface area contributed by atoms with Crippen LogP contribution in [0.25, 0.3) is 11.0 Å². The Balaban J connectivity index is 2.64. The molecule has 0 saturated carbocycles. The molecule has 1 N–H and O–H groups in total. The van der Waals surface area contributed by atoms with E-state index in [1.165, 1.54) is 18.7 Å². The van der Waals surface area contributed by atoms with Crippen LogP contribution in [0.3, 0.4) is 0 Å². The summed E-state index contributed by atoms with van der Waals surface area (Å²) in [7, 11) is 2.83. The Morgan fingerprint density at radius 1 is 1.32 bits per heavy atom. The fourth-order valence-electron chi connectivity index (χ4n) is 1.78. The molecule has 0 radical (unpaired) electrons. The van der Waals surface area contributed by atoms with Crippen LogP contribution in [0.15, 0.2) is 14.1 Å². The number of fused-ring (bicyclic) bond motifs is 1. The van der Waals surface area contributed by atoms with Crippen molar-refractivity contribution in [1.82, 2.24) is 14.3 Å². The first-order chi connectivity index (χ1) is 8.97. The lowest BCUT2D eigenvalue weighted by Gasteiger charge is -2.02. The largest absolute Gasteiger partial charge is 0.335 e. The minimum Gasteiger partial charge on any atom is -0.335 e. The predicted molar refractivity (Wildman–Crippen MR) is 68.0 cm³/mol. The van der Waals surface area contributed by atoms with Crippen LogP contribution in [0, 0.1) is 0 Å². The highest BCUT2D eigenvalue weighted by molar-refractivity contribution is 5.97. The summed E-state index contributed by atoms with van der Waals surface area (Å²) in [5.74, 6) is -0.291. The maximum atomic E-state index is 12.0. The Kier molecular flexibility index (Phi) is 3.24. The lowest BCUT2D eigenvalue weighted by Crippen LogP contribution is -2.37. The summed E-state index contributed by atoms with van der Waals surface area (Å²) >= 11 is 0. The zero-order valence-electron chi connectivity index (χ0n) is 10.9. The van der Waals surface area contributed by atoms with Crippen molar-refractivity contribution in [3.63, 3.8) is 0 Å². The van der Waals surface area contributed by atoms with Gasteiger partial charge < -0.3 is 4.52 Å². The van der Waals surface area contributed by atoms with Crippen molar-refractivity contribution in [3.8, 4) is 0 Å². The van der Waals surface area contributed by atoms with Gasteiger partial charge in [0.1, 0.15) is 5.39 Å². The molecule has 8 heteroatoms. The van der Waals surface area contributed by atoms with Crippen molar-refractivity contribution in [2.45, 2.75) is 19.8 Å². The summed E-state index contributed by atoms with van der Waals surface area (Å²) in [6, 6.07) is 0. The average molecular weight is 266 g/mol. The van der Waals surface area contributed by atoms with Crippen LogP contribution >= 0.6 is 0 Å². The number of nitrogens with one attached hydrogen (secondary N) is 1. The molecule has 2 heterocycles. The highest BCUT2D eigenvalue weighted by atomic mass is 16.5. The van der Waals surface area contributed by atoms with E-state index in [-0.39, 0.29) is 22.8 Å². The summed E-state index contributed by atoms with van der Waals surface area (Å²) in [4.78, 5) is 35.2.